The Hall–Kier alpha value is -2.64. The average Bonchev–Trinajstić information content (AvgIpc) is 2.71. The molecule has 7 heteroatoms. The largest absolute Gasteiger partial charge is 0.495 e. The molecule has 29 heavy (non-hydrogen) atoms. The van der Waals surface area contributed by atoms with Crippen molar-refractivity contribution in [3.05, 3.63) is 65.2 Å². The van der Waals surface area contributed by atoms with Gasteiger partial charge in [0.15, 0.2) is 0 Å². The molecule has 2 aromatic carbocycles. The number of ether oxygens (including phenoxy) is 1. The van der Waals surface area contributed by atoms with Gasteiger partial charge in [-0.05, 0) is 48.2 Å². The van der Waals surface area contributed by atoms with Crippen molar-refractivity contribution < 1.29 is 17.9 Å². The topological polar surface area (TPSA) is 75.7 Å². The zero-order valence-corrected chi connectivity index (χ0v) is 18.3. The van der Waals surface area contributed by atoms with Gasteiger partial charge in [0.05, 0.1) is 13.2 Å². The van der Waals surface area contributed by atoms with Gasteiger partial charge in [0.1, 0.15) is 10.6 Å². The molecule has 1 unspecified atom stereocenters. The van der Waals surface area contributed by atoms with Crippen LogP contribution in [0.4, 0.5) is 0 Å². The summed E-state index contributed by atoms with van der Waals surface area (Å²) in [5.74, 6) is -0.00523. The first-order chi connectivity index (χ1) is 13.7. The van der Waals surface area contributed by atoms with E-state index in [4.69, 9.17) is 4.74 Å². The van der Waals surface area contributed by atoms with Gasteiger partial charge in [0.25, 0.3) is 0 Å². The third-order valence-electron chi connectivity index (χ3n) is 4.62. The lowest BCUT2D eigenvalue weighted by Crippen LogP contribution is -2.24. The van der Waals surface area contributed by atoms with Crippen LogP contribution in [0.2, 0.25) is 0 Å². The maximum Gasteiger partial charge on any atom is 0.246 e. The maximum absolute atomic E-state index is 12.5. The number of benzene rings is 2. The van der Waals surface area contributed by atoms with Crippen LogP contribution in [0.3, 0.4) is 0 Å². The van der Waals surface area contributed by atoms with E-state index in [0.29, 0.717) is 5.56 Å². The number of hydrogen-bond acceptors (Lipinski definition) is 4. The average molecular weight is 417 g/mol. The summed E-state index contributed by atoms with van der Waals surface area (Å²) in [6.45, 7) is 4.02. The molecule has 1 amide bonds. The van der Waals surface area contributed by atoms with Crippen molar-refractivity contribution in [3.8, 4) is 5.75 Å². The zero-order valence-electron chi connectivity index (χ0n) is 17.5. The van der Waals surface area contributed by atoms with Crippen LogP contribution in [-0.2, 0) is 21.2 Å². The smallest absolute Gasteiger partial charge is 0.246 e. The Balaban J connectivity index is 2.15. The lowest BCUT2D eigenvalue weighted by atomic mass is 10.0. The summed E-state index contributed by atoms with van der Waals surface area (Å²) < 4.78 is 31.3. The number of sulfonamides is 1. The number of nitrogens with one attached hydrogen (secondary N) is 1. The van der Waals surface area contributed by atoms with E-state index in [9.17, 15) is 13.2 Å². The van der Waals surface area contributed by atoms with Gasteiger partial charge < -0.3 is 10.1 Å². The van der Waals surface area contributed by atoms with Crippen LogP contribution in [0.25, 0.3) is 6.08 Å². The molecule has 1 N–H and O–H groups in total. The second kappa shape index (κ2) is 9.71. The predicted molar refractivity (Wildman–Crippen MR) is 115 cm³/mol. The van der Waals surface area contributed by atoms with Crippen molar-refractivity contribution in [1.82, 2.24) is 9.62 Å². The van der Waals surface area contributed by atoms with Gasteiger partial charge in [-0.15, -0.1) is 0 Å². The number of nitrogens with zero attached hydrogens (tertiary/aromatic N) is 1. The van der Waals surface area contributed by atoms with Gasteiger partial charge >= 0.3 is 0 Å². The Labute approximate surface area is 173 Å². The molecule has 0 aliphatic carbocycles. The highest BCUT2D eigenvalue weighted by Gasteiger charge is 2.22. The summed E-state index contributed by atoms with van der Waals surface area (Å²) in [6, 6.07) is 12.8. The number of rotatable bonds is 8. The zero-order chi connectivity index (χ0) is 21.6. The molecule has 0 aliphatic rings. The molecule has 1 atom stereocenters. The predicted octanol–water partition coefficient (Wildman–Crippen LogP) is 3.40. The molecule has 2 rings (SSSR count). The molecule has 0 bridgehead atoms. The molecule has 0 aromatic heterocycles. The number of aryl methyl sites for hydroxylation is 1. The van der Waals surface area contributed by atoms with Gasteiger partial charge in [-0.2, -0.15) is 0 Å². The molecular weight excluding hydrogens is 388 g/mol. The van der Waals surface area contributed by atoms with E-state index >= 15 is 0 Å². The van der Waals surface area contributed by atoms with E-state index in [0.717, 1.165) is 16.3 Å². The highest BCUT2D eigenvalue weighted by molar-refractivity contribution is 7.89. The van der Waals surface area contributed by atoms with Crippen LogP contribution < -0.4 is 10.1 Å². The van der Waals surface area contributed by atoms with Crippen LogP contribution >= 0.6 is 0 Å². The minimum Gasteiger partial charge on any atom is -0.495 e. The first-order valence-electron chi connectivity index (χ1n) is 9.37. The van der Waals surface area contributed by atoms with E-state index < -0.39 is 10.0 Å². The van der Waals surface area contributed by atoms with Gasteiger partial charge in [0.2, 0.25) is 15.9 Å². The van der Waals surface area contributed by atoms with Crippen molar-refractivity contribution in [1.29, 1.82) is 0 Å². The number of amides is 1. The van der Waals surface area contributed by atoms with Crippen LogP contribution in [0.15, 0.2) is 53.4 Å². The summed E-state index contributed by atoms with van der Waals surface area (Å²) in [5, 5.41) is 2.91. The SMILES string of the molecule is CCc1ccc(C(C)NC(=O)/C=C/c2ccc(OC)c(S(=O)(=O)N(C)C)c2)cc1. The number of methoxy groups -OCH3 is 1. The highest BCUT2D eigenvalue weighted by atomic mass is 32.2. The van der Waals surface area contributed by atoms with Crippen LogP contribution in [-0.4, -0.2) is 39.8 Å². The van der Waals surface area contributed by atoms with E-state index in [1.165, 1.54) is 38.9 Å². The first-order valence-corrected chi connectivity index (χ1v) is 10.8. The fourth-order valence-corrected chi connectivity index (χ4v) is 3.84. The van der Waals surface area contributed by atoms with E-state index in [1.807, 2.05) is 19.1 Å². The maximum atomic E-state index is 12.5. The minimum atomic E-state index is -3.67. The second-order valence-corrected chi connectivity index (χ2v) is 8.98. The van der Waals surface area contributed by atoms with Gasteiger partial charge in [-0.25, -0.2) is 12.7 Å². The van der Waals surface area contributed by atoms with Crippen molar-refractivity contribution in [2.45, 2.75) is 31.2 Å². The Morgan fingerprint density at radius 1 is 1.17 bits per heavy atom. The van der Waals surface area contributed by atoms with Gasteiger partial charge in [-0.3, -0.25) is 4.79 Å². The monoisotopic (exact) mass is 416 g/mol. The summed E-state index contributed by atoms with van der Waals surface area (Å²) in [5.41, 5.74) is 2.85. The summed E-state index contributed by atoms with van der Waals surface area (Å²) >= 11 is 0. The van der Waals surface area contributed by atoms with Crippen molar-refractivity contribution in [2.24, 2.45) is 0 Å². The number of carbonyl (C=O) groups excluding carboxylic acids is 1. The lowest BCUT2D eigenvalue weighted by Gasteiger charge is -2.15. The third-order valence-corrected chi connectivity index (χ3v) is 6.46. The van der Waals surface area contributed by atoms with E-state index in [-0.39, 0.29) is 22.6 Å². The summed E-state index contributed by atoms with van der Waals surface area (Å²) in [7, 11) is 0.665. The van der Waals surface area contributed by atoms with E-state index in [1.54, 1.807) is 18.2 Å². The van der Waals surface area contributed by atoms with Crippen molar-refractivity contribution in [3.63, 3.8) is 0 Å². The molecule has 0 radical (unpaired) electrons. The Morgan fingerprint density at radius 3 is 2.38 bits per heavy atom. The molecule has 0 saturated carbocycles. The summed E-state index contributed by atoms with van der Waals surface area (Å²) in [4.78, 5) is 12.3. The Morgan fingerprint density at radius 2 is 1.83 bits per heavy atom. The fraction of sp³-hybridized carbons (Fsp3) is 0.318. The molecule has 156 valence electrons. The minimum absolute atomic E-state index is 0.0527. The molecule has 0 saturated heterocycles. The Kier molecular flexibility index (Phi) is 7.59. The molecule has 0 fully saturated rings. The van der Waals surface area contributed by atoms with Crippen molar-refractivity contribution in [2.75, 3.05) is 21.2 Å². The van der Waals surface area contributed by atoms with Crippen LogP contribution in [0, 0.1) is 0 Å². The normalized spacial score (nSPS) is 12.9. The number of carbonyl (C=O) groups is 1. The molecule has 2 aromatic rings. The standard InChI is InChI=1S/C22H28N2O4S/c1-6-17-7-11-19(12-8-17)16(2)23-22(25)14-10-18-9-13-20(28-5)21(15-18)29(26,27)24(3)4/h7-16H,6H2,1-5H3,(H,23,25)/b14-10+. The fourth-order valence-electron chi connectivity index (χ4n) is 2.75. The molecular formula is C22H28N2O4S. The van der Waals surface area contributed by atoms with Crippen LogP contribution in [0.5, 0.6) is 5.75 Å². The highest BCUT2D eigenvalue weighted by Crippen LogP contribution is 2.27. The quantitative estimate of drug-likeness (QED) is 0.669. The second-order valence-electron chi connectivity index (χ2n) is 6.86. The number of hydrogen-bond donors (Lipinski definition) is 1. The first kappa shape index (κ1) is 22.6. The van der Waals surface area contributed by atoms with E-state index in [2.05, 4.69) is 24.4 Å². The Bertz CT molecular complexity index is 980. The molecule has 0 heterocycles. The molecule has 0 aliphatic heterocycles. The third kappa shape index (κ3) is 5.68. The van der Waals surface area contributed by atoms with Crippen molar-refractivity contribution >= 4 is 22.0 Å². The molecule has 0 spiro atoms. The summed E-state index contributed by atoms with van der Waals surface area (Å²) in [6.07, 6.45) is 3.94. The van der Waals surface area contributed by atoms with Crippen LogP contribution in [0.1, 0.15) is 36.6 Å². The van der Waals surface area contributed by atoms with Gasteiger partial charge in [0, 0.05) is 20.2 Å². The molecule has 6 nitrogen and oxygen atoms in total. The lowest BCUT2D eigenvalue weighted by molar-refractivity contribution is -0.117. The van der Waals surface area contributed by atoms with Gasteiger partial charge in [-0.1, -0.05) is 37.3 Å².